The maximum absolute atomic E-state index is 12.0. The number of carbonyl (C=O) groups excluding carboxylic acids is 2. The normalized spacial score (nSPS) is 14.3. The SMILES string of the molecule is CCCOc1ccc(/C=N\NC(=O)C(=O)N2CCCCC2)cc1OCC. The number of hydrazone groups is 1. The Labute approximate surface area is 154 Å². The van der Waals surface area contributed by atoms with Gasteiger partial charge < -0.3 is 14.4 Å². The molecule has 1 N–H and O–H groups in total. The number of likely N-dealkylation sites (tertiary alicyclic amines) is 1. The van der Waals surface area contributed by atoms with E-state index >= 15 is 0 Å². The van der Waals surface area contributed by atoms with E-state index in [9.17, 15) is 9.59 Å². The number of hydrogen-bond acceptors (Lipinski definition) is 5. The van der Waals surface area contributed by atoms with E-state index in [1.807, 2.05) is 26.0 Å². The smallest absolute Gasteiger partial charge is 0.329 e. The number of ether oxygens (including phenoxy) is 2. The zero-order valence-corrected chi connectivity index (χ0v) is 15.5. The number of rotatable bonds is 7. The highest BCUT2D eigenvalue weighted by Gasteiger charge is 2.22. The van der Waals surface area contributed by atoms with Gasteiger partial charge in [0.25, 0.3) is 0 Å². The van der Waals surface area contributed by atoms with Gasteiger partial charge in [-0.3, -0.25) is 9.59 Å². The van der Waals surface area contributed by atoms with E-state index in [2.05, 4.69) is 10.5 Å². The van der Waals surface area contributed by atoms with Gasteiger partial charge in [0.1, 0.15) is 0 Å². The van der Waals surface area contributed by atoms with Crippen molar-refractivity contribution in [1.29, 1.82) is 0 Å². The standard InChI is InChI=1S/C19H27N3O4/c1-3-12-26-16-9-8-15(13-17(16)25-4-2)14-20-21-18(23)19(24)22-10-6-5-7-11-22/h8-9,13-14H,3-7,10-12H2,1-2H3,(H,21,23)/b20-14-. The molecule has 0 aromatic heterocycles. The van der Waals surface area contributed by atoms with Crippen LogP contribution < -0.4 is 14.9 Å². The molecule has 2 rings (SSSR count). The van der Waals surface area contributed by atoms with Crippen LogP contribution in [-0.2, 0) is 9.59 Å². The molecular formula is C19H27N3O4. The number of benzene rings is 1. The van der Waals surface area contributed by atoms with E-state index in [-0.39, 0.29) is 0 Å². The second-order valence-corrected chi connectivity index (χ2v) is 6.04. The number of nitrogens with zero attached hydrogens (tertiary/aromatic N) is 2. The number of piperidine rings is 1. The molecule has 26 heavy (non-hydrogen) atoms. The average molecular weight is 361 g/mol. The van der Waals surface area contributed by atoms with Crippen molar-refractivity contribution >= 4 is 18.0 Å². The Morgan fingerprint density at radius 1 is 1.15 bits per heavy atom. The predicted molar refractivity (Wildman–Crippen MR) is 99.6 cm³/mol. The first-order valence-corrected chi connectivity index (χ1v) is 9.17. The molecule has 2 amide bonds. The topological polar surface area (TPSA) is 80.2 Å². The van der Waals surface area contributed by atoms with Crippen LogP contribution in [0.2, 0.25) is 0 Å². The molecule has 0 aliphatic carbocycles. The van der Waals surface area contributed by atoms with Crippen LogP contribution in [0.25, 0.3) is 0 Å². The Morgan fingerprint density at radius 3 is 2.62 bits per heavy atom. The van der Waals surface area contributed by atoms with Crippen molar-refractivity contribution in [3.63, 3.8) is 0 Å². The van der Waals surface area contributed by atoms with Gasteiger partial charge in [-0.2, -0.15) is 5.10 Å². The summed E-state index contributed by atoms with van der Waals surface area (Å²) >= 11 is 0. The lowest BCUT2D eigenvalue weighted by molar-refractivity contribution is -0.146. The second kappa shape index (κ2) is 10.4. The van der Waals surface area contributed by atoms with Crippen molar-refractivity contribution in [3.8, 4) is 11.5 Å². The first-order valence-electron chi connectivity index (χ1n) is 9.17. The maximum atomic E-state index is 12.0. The molecule has 1 fully saturated rings. The molecule has 0 unspecified atom stereocenters. The van der Waals surface area contributed by atoms with Gasteiger partial charge in [0.05, 0.1) is 19.4 Å². The van der Waals surface area contributed by atoms with Crippen molar-refractivity contribution in [3.05, 3.63) is 23.8 Å². The average Bonchev–Trinajstić information content (AvgIpc) is 2.67. The zero-order chi connectivity index (χ0) is 18.8. The monoisotopic (exact) mass is 361 g/mol. The summed E-state index contributed by atoms with van der Waals surface area (Å²) in [6, 6.07) is 5.41. The molecule has 7 heteroatoms. The third-order valence-corrected chi connectivity index (χ3v) is 3.95. The van der Waals surface area contributed by atoms with Gasteiger partial charge in [0.2, 0.25) is 0 Å². The summed E-state index contributed by atoms with van der Waals surface area (Å²) in [4.78, 5) is 25.5. The van der Waals surface area contributed by atoms with E-state index in [1.54, 1.807) is 11.0 Å². The molecule has 1 saturated heterocycles. The molecule has 7 nitrogen and oxygen atoms in total. The van der Waals surface area contributed by atoms with Crippen LogP contribution in [0.15, 0.2) is 23.3 Å². The van der Waals surface area contributed by atoms with Crippen molar-refractivity contribution in [2.24, 2.45) is 5.10 Å². The Kier molecular flexibility index (Phi) is 7.92. The predicted octanol–water partition coefficient (Wildman–Crippen LogP) is 2.34. The molecule has 1 aliphatic rings. The Hall–Kier alpha value is -2.57. The summed E-state index contributed by atoms with van der Waals surface area (Å²) in [6.45, 7) is 6.33. The fourth-order valence-corrected chi connectivity index (χ4v) is 2.66. The van der Waals surface area contributed by atoms with E-state index in [1.165, 1.54) is 6.21 Å². The minimum atomic E-state index is -0.712. The summed E-state index contributed by atoms with van der Waals surface area (Å²) in [6.07, 6.45) is 5.37. The van der Waals surface area contributed by atoms with E-state index in [4.69, 9.17) is 9.47 Å². The van der Waals surface area contributed by atoms with Crippen LogP contribution in [0.1, 0.15) is 45.1 Å². The molecule has 0 saturated carbocycles. The Bertz CT molecular complexity index is 640. The lowest BCUT2D eigenvalue weighted by Gasteiger charge is -2.25. The van der Waals surface area contributed by atoms with Crippen LogP contribution in [0.3, 0.4) is 0 Å². The number of amides is 2. The molecule has 0 atom stereocenters. The Balaban J connectivity index is 1.95. The van der Waals surface area contributed by atoms with Gasteiger partial charge in [-0.1, -0.05) is 6.92 Å². The van der Waals surface area contributed by atoms with Crippen molar-refractivity contribution in [2.75, 3.05) is 26.3 Å². The number of hydrogen-bond donors (Lipinski definition) is 1. The summed E-state index contributed by atoms with van der Waals surface area (Å²) < 4.78 is 11.2. The van der Waals surface area contributed by atoms with Crippen LogP contribution in [-0.4, -0.2) is 49.2 Å². The second-order valence-electron chi connectivity index (χ2n) is 6.04. The highest BCUT2D eigenvalue weighted by Crippen LogP contribution is 2.28. The van der Waals surface area contributed by atoms with Crippen LogP contribution in [0.5, 0.6) is 11.5 Å². The highest BCUT2D eigenvalue weighted by atomic mass is 16.5. The van der Waals surface area contributed by atoms with E-state index in [0.29, 0.717) is 37.8 Å². The van der Waals surface area contributed by atoms with Crippen LogP contribution in [0.4, 0.5) is 0 Å². The summed E-state index contributed by atoms with van der Waals surface area (Å²) in [7, 11) is 0. The van der Waals surface area contributed by atoms with E-state index < -0.39 is 11.8 Å². The Morgan fingerprint density at radius 2 is 1.92 bits per heavy atom. The molecule has 1 aromatic rings. The number of nitrogens with one attached hydrogen (secondary N) is 1. The molecule has 142 valence electrons. The summed E-state index contributed by atoms with van der Waals surface area (Å²) in [5, 5.41) is 3.88. The summed E-state index contributed by atoms with van der Waals surface area (Å²) in [5.74, 6) is 0.0621. The molecular weight excluding hydrogens is 334 g/mol. The lowest BCUT2D eigenvalue weighted by atomic mass is 10.1. The van der Waals surface area contributed by atoms with E-state index in [0.717, 1.165) is 31.2 Å². The highest BCUT2D eigenvalue weighted by molar-refractivity contribution is 6.35. The maximum Gasteiger partial charge on any atom is 0.329 e. The molecule has 0 bridgehead atoms. The van der Waals surface area contributed by atoms with Gasteiger partial charge in [0.15, 0.2) is 11.5 Å². The molecule has 1 heterocycles. The van der Waals surface area contributed by atoms with Crippen LogP contribution >= 0.6 is 0 Å². The largest absolute Gasteiger partial charge is 0.490 e. The van der Waals surface area contributed by atoms with Gasteiger partial charge in [-0.25, -0.2) is 5.43 Å². The molecule has 0 radical (unpaired) electrons. The molecule has 1 aliphatic heterocycles. The zero-order valence-electron chi connectivity index (χ0n) is 15.5. The van der Waals surface area contributed by atoms with Gasteiger partial charge in [0, 0.05) is 13.1 Å². The third-order valence-electron chi connectivity index (χ3n) is 3.95. The first-order chi connectivity index (χ1) is 12.7. The van der Waals surface area contributed by atoms with Crippen LogP contribution in [0, 0.1) is 0 Å². The minimum Gasteiger partial charge on any atom is -0.490 e. The van der Waals surface area contributed by atoms with Crippen molar-refractivity contribution in [2.45, 2.75) is 39.5 Å². The third kappa shape index (κ3) is 5.75. The minimum absolute atomic E-state index is 0.518. The molecule has 1 aromatic carbocycles. The lowest BCUT2D eigenvalue weighted by Crippen LogP contribution is -2.43. The fourth-order valence-electron chi connectivity index (χ4n) is 2.66. The quantitative estimate of drug-likeness (QED) is 0.459. The van der Waals surface area contributed by atoms with Gasteiger partial charge >= 0.3 is 11.8 Å². The fraction of sp³-hybridized carbons (Fsp3) is 0.526. The van der Waals surface area contributed by atoms with Crippen molar-refractivity contribution in [1.82, 2.24) is 10.3 Å². The first kappa shape index (κ1) is 19.8. The molecule has 0 spiro atoms. The summed E-state index contributed by atoms with van der Waals surface area (Å²) in [5.41, 5.74) is 3.03. The number of carbonyl (C=O) groups is 2. The van der Waals surface area contributed by atoms with Gasteiger partial charge in [-0.05, 0) is 56.4 Å². The van der Waals surface area contributed by atoms with Gasteiger partial charge in [-0.15, -0.1) is 0 Å². The van der Waals surface area contributed by atoms with Crippen molar-refractivity contribution < 1.29 is 19.1 Å².